The highest BCUT2D eigenvalue weighted by molar-refractivity contribution is 7.92. The Kier molecular flexibility index (Phi) is 7.07. The highest BCUT2D eigenvalue weighted by Crippen LogP contribution is 2.32. The van der Waals surface area contributed by atoms with Gasteiger partial charge in [0, 0.05) is 31.3 Å². The van der Waals surface area contributed by atoms with Crippen molar-refractivity contribution in [1.82, 2.24) is 9.62 Å². The summed E-state index contributed by atoms with van der Waals surface area (Å²) in [5.74, 6) is 0.397. The monoisotopic (exact) mass is 409 g/mol. The predicted molar refractivity (Wildman–Crippen MR) is 96.6 cm³/mol. The molecule has 1 amide bonds. The zero-order chi connectivity index (χ0) is 20.1. The van der Waals surface area contributed by atoms with Crippen LogP contribution in [0, 0.1) is 0 Å². The number of nitrogens with zero attached hydrogens (tertiary/aromatic N) is 2. The molecule has 0 aromatic carbocycles. The minimum Gasteiger partial charge on any atom is -0.312 e. The van der Waals surface area contributed by atoms with E-state index < -0.39 is 28.2 Å². The number of alkyl halides is 3. The summed E-state index contributed by atoms with van der Waals surface area (Å²) in [4.78, 5) is 16.9. The lowest BCUT2D eigenvalue weighted by atomic mass is 9.89. The Hall–Kier alpha value is -1.42. The number of piperidine rings is 1. The zero-order valence-electron chi connectivity index (χ0n) is 15.2. The van der Waals surface area contributed by atoms with Crippen molar-refractivity contribution in [3.63, 3.8) is 0 Å². The number of hydrogen-bond acceptors (Lipinski definition) is 4. The number of hydrogen-bond donors (Lipinski definition) is 1. The molecular weight excluding hydrogens is 383 g/mol. The van der Waals surface area contributed by atoms with Crippen LogP contribution in [0.3, 0.4) is 0 Å². The van der Waals surface area contributed by atoms with Crippen molar-refractivity contribution in [2.45, 2.75) is 69.5 Å². The van der Waals surface area contributed by atoms with Crippen molar-refractivity contribution in [1.29, 1.82) is 0 Å². The third-order valence-electron chi connectivity index (χ3n) is 5.02. The molecule has 1 saturated heterocycles. The molecule has 2 aliphatic rings. The van der Waals surface area contributed by atoms with E-state index in [4.69, 9.17) is 0 Å². The van der Waals surface area contributed by atoms with Gasteiger partial charge in [0.05, 0.1) is 0 Å². The van der Waals surface area contributed by atoms with Gasteiger partial charge in [0.1, 0.15) is 11.4 Å². The highest BCUT2D eigenvalue weighted by Gasteiger charge is 2.46. The summed E-state index contributed by atoms with van der Waals surface area (Å²) in [6, 6.07) is 0. The molecule has 2 heterocycles. The smallest absolute Gasteiger partial charge is 0.312 e. The number of nitrogens with one attached hydrogen (secondary N) is 1. The summed E-state index contributed by atoms with van der Waals surface area (Å²) in [7, 11) is -3.49. The molecule has 0 aromatic heterocycles. The van der Waals surface area contributed by atoms with Crippen LogP contribution in [0.4, 0.5) is 13.2 Å². The first-order valence-electron chi connectivity index (χ1n) is 9.17. The standard InChI is InChI=1S/C17H26F3N3O3S/c1-2-27(25,26)23-12-10-16(11-13-23)15(24)21-14(22-16)8-6-4-3-5-7-9-17(18,19)20/h2H,1,3-13H2,(H,21,22,24). The molecule has 0 aromatic rings. The molecule has 154 valence electrons. The van der Waals surface area contributed by atoms with Gasteiger partial charge in [0.15, 0.2) is 0 Å². The van der Waals surface area contributed by atoms with Crippen LogP contribution < -0.4 is 5.32 Å². The van der Waals surface area contributed by atoms with Crippen LogP contribution in [0.15, 0.2) is 17.0 Å². The quantitative estimate of drug-likeness (QED) is 0.595. The molecule has 0 atom stereocenters. The average molecular weight is 409 g/mol. The van der Waals surface area contributed by atoms with E-state index in [1.165, 1.54) is 4.31 Å². The van der Waals surface area contributed by atoms with Gasteiger partial charge < -0.3 is 5.32 Å². The number of amides is 1. The fourth-order valence-electron chi connectivity index (χ4n) is 3.41. The zero-order valence-corrected chi connectivity index (χ0v) is 16.0. The van der Waals surface area contributed by atoms with Crippen LogP contribution in [0.25, 0.3) is 0 Å². The Morgan fingerprint density at radius 2 is 1.74 bits per heavy atom. The van der Waals surface area contributed by atoms with E-state index in [-0.39, 0.29) is 25.4 Å². The minimum atomic E-state index is -4.09. The second kappa shape index (κ2) is 8.72. The van der Waals surface area contributed by atoms with Crippen molar-refractivity contribution in [2.24, 2.45) is 4.99 Å². The molecule has 1 spiro atoms. The Morgan fingerprint density at radius 3 is 2.33 bits per heavy atom. The van der Waals surface area contributed by atoms with Gasteiger partial charge in [-0.2, -0.15) is 17.5 Å². The fraction of sp³-hybridized carbons (Fsp3) is 0.765. The van der Waals surface area contributed by atoms with Gasteiger partial charge in [-0.05, 0) is 25.7 Å². The van der Waals surface area contributed by atoms with Crippen LogP contribution in [-0.2, 0) is 14.8 Å². The maximum Gasteiger partial charge on any atom is 0.389 e. The first-order chi connectivity index (χ1) is 12.6. The molecule has 0 bridgehead atoms. The molecule has 2 rings (SSSR count). The van der Waals surface area contributed by atoms with Crippen molar-refractivity contribution in [3.8, 4) is 0 Å². The predicted octanol–water partition coefficient (Wildman–Crippen LogP) is 3.12. The highest BCUT2D eigenvalue weighted by atomic mass is 32.2. The average Bonchev–Trinajstić information content (AvgIpc) is 2.89. The lowest BCUT2D eigenvalue weighted by molar-refractivity contribution is -0.135. The van der Waals surface area contributed by atoms with E-state index in [9.17, 15) is 26.4 Å². The first-order valence-corrected chi connectivity index (χ1v) is 10.7. The van der Waals surface area contributed by atoms with E-state index in [0.29, 0.717) is 31.5 Å². The summed E-state index contributed by atoms with van der Waals surface area (Å²) >= 11 is 0. The first kappa shape index (κ1) is 21.9. The molecule has 10 heteroatoms. The van der Waals surface area contributed by atoms with Crippen molar-refractivity contribution in [2.75, 3.05) is 13.1 Å². The Labute approximate surface area is 158 Å². The molecule has 0 unspecified atom stereocenters. The summed E-state index contributed by atoms with van der Waals surface area (Å²) in [5.41, 5.74) is -0.894. The maximum atomic E-state index is 12.3. The molecular formula is C17H26F3N3O3S. The van der Waals surface area contributed by atoms with Crippen LogP contribution in [0.1, 0.15) is 57.8 Å². The van der Waals surface area contributed by atoms with Crippen LogP contribution in [-0.4, -0.2) is 49.3 Å². The maximum absolute atomic E-state index is 12.3. The number of carbonyl (C=O) groups excluding carboxylic acids is 1. The topological polar surface area (TPSA) is 78.8 Å². The molecule has 0 aliphatic carbocycles. The van der Waals surface area contributed by atoms with Gasteiger partial charge in [-0.25, -0.2) is 8.42 Å². The number of sulfonamides is 1. The van der Waals surface area contributed by atoms with Gasteiger partial charge in [-0.3, -0.25) is 9.79 Å². The summed E-state index contributed by atoms with van der Waals surface area (Å²) < 4.78 is 61.1. The third-order valence-corrected chi connectivity index (χ3v) is 6.53. The number of halogens is 3. The largest absolute Gasteiger partial charge is 0.389 e. The van der Waals surface area contributed by atoms with Crippen LogP contribution in [0.2, 0.25) is 0 Å². The van der Waals surface area contributed by atoms with Gasteiger partial charge in [-0.15, -0.1) is 0 Å². The van der Waals surface area contributed by atoms with E-state index in [1.54, 1.807) is 0 Å². The molecule has 0 saturated carbocycles. The Bertz CT molecular complexity index is 681. The van der Waals surface area contributed by atoms with Crippen molar-refractivity contribution in [3.05, 3.63) is 12.0 Å². The van der Waals surface area contributed by atoms with Crippen LogP contribution in [0.5, 0.6) is 0 Å². The second-order valence-electron chi connectivity index (χ2n) is 7.04. The summed E-state index contributed by atoms with van der Waals surface area (Å²) in [6.45, 7) is 3.74. The number of amidine groups is 1. The van der Waals surface area contributed by atoms with Gasteiger partial charge in [0.2, 0.25) is 10.0 Å². The normalized spacial score (nSPS) is 20.6. The van der Waals surface area contributed by atoms with Crippen LogP contribution >= 0.6 is 0 Å². The number of aliphatic imine (C=N–C) groups is 1. The lowest BCUT2D eigenvalue weighted by Gasteiger charge is -2.34. The fourth-order valence-corrected chi connectivity index (χ4v) is 4.31. The van der Waals surface area contributed by atoms with Gasteiger partial charge in [-0.1, -0.05) is 25.8 Å². The van der Waals surface area contributed by atoms with E-state index >= 15 is 0 Å². The summed E-state index contributed by atoms with van der Waals surface area (Å²) in [5, 5.41) is 3.68. The van der Waals surface area contributed by atoms with E-state index in [0.717, 1.165) is 24.7 Å². The molecule has 27 heavy (non-hydrogen) atoms. The number of unbranched alkanes of at least 4 members (excludes halogenated alkanes) is 4. The lowest BCUT2D eigenvalue weighted by Crippen LogP contribution is -2.50. The second-order valence-corrected chi connectivity index (χ2v) is 8.92. The van der Waals surface area contributed by atoms with Gasteiger partial charge >= 0.3 is 6.18 Å². The van der Waals surface area contributed by atoms with E-state index in [1.807, 2.05) is 0 Å². The third kappa shape index (κ3) is 6.03. The van der Waals surface area contributed by atoms with Crippen molar-refractivity contribution < 1.29 is 26.4 Å². The minimum absolute atomic E-state index is 0.147. The summed E-state index contributed by atoms with van der Waals surface area (Å²) in [6.07, 6.45) is -0.666. The Morgan fingerprint density at radius 1 is 1.15 bits per heavy atom. The molecule has 2 aliphatic heterocycles. The molecule has 6 nitrogen and oxygen atoms in total. The van der Waals surface area contributed by atoms with Gasteiger partial charge in [0.25, 0.3) is 5.91 Å². The number of rotatable bonds is 9. The number of carbonyl (C=O) groups is 1. The molecule has 1 N–H and O–H groups in total. The SMILES string of the molecule is C=CS(=O)(=O)N1CCC2(CC1)N=C(CCCCCCCC(F)(F)F)NC2=O. The molecule has 1 fully saturated rings. The molecule has 0 radical (unpaired) electrons. The van der Waals surface area contributed by atoms with Crippen molar-refractivity contribution >= 4 is 21.8 Å². The Balaban J connectivity index is 1.74. The van der Waals surface area contributed by atoms with E-state index in [2.05, 4.69) is 16.9 Å².